The molecule has 0 unspecified atom stereocenters. The van der Waals surface area contributed by atoms with E-state index < -0.39 is 0 Å². The van der Waals surface area contributed by atoms with Crippen molar-refractivity contribution >= 4 is 91.1 Å². The van der Waals surface area contributed by atoms with Crippen LogP contribution in [0, 0.1) is 17.8 Å². The summed E-state index contributed by atoms with van der Waals surface area (Å²) in [5, 5.41) is 9.71. The summed E-state index contributed by atoms with van der Waals surface area (Å²) >= 11 is 11.4. The average Bonchev–Trinajstić information content (AvgIpc) is 3.57. The highest BCUT2D eigenvalue weighted by Gasteiger charge is 1.88. The second kappa shape index (κ2) is 415. The Morgan fingerprint density at radius 3 is 0.476 bits per heavy atom. The van der Waals surface area contributed by atoms with Gasteiger partial charge in [0, 0.05) is 16.1 Å². The first kappa shape index (κ1) is 185. The van der Waals surface area contributed by atoms with Crippen LogP contribution in [-0.4, -0.2) is 128 Å². The number of aliphatic hydroxyl groups excluding tert-OH is 1. The molecule has 0 heterocycles. The van der Waals surface area contributed by atoms with Crippen molar-refractivity contribution in [3.05, 3.63) is 69.7 Å². The van der Waals surface area contributed by atoms with Gasteiger partial charge in [0.05, 0.1) is 0 Å². The van der Waals surface area contributed by atoms with Gasteiger partial charge in [-0.05, 0) is 129 Å². The van der Waals surface area contributed by atoms with Gasteiger partial charge in [-0.15, -0.1) is 0 Å². The van der Waals surface area contributed by atoms with Crippen LogP contribution in [0.1, 0.15) is 176 Å². The van der Waals surface area contributed by atoms with Crippen LogP contribution in [0.25, 0.3) is 0 Å². The summed E-state index contributed by atoms with van der Waals surface area (Å²) in [4.78, 5) is 80.0. The zero-order valence-corrected chi connectivity index (χ0v) is 60.5. The van der Waals surface area contributed by atoms with Gasteiger partial charge in [-0.2, -0.15) is 0 Å². The normalized spacial score (nSPS) is 5.59. The van der Waals surface area contributed by atoms with Crippen molar-refractivity contribution in [2.24, 2.45) is 57.9 Å². The van der Waals surface area contributed by atoms with Gasteiger partial charge in [-0.25, -0.2) is 0 Å². The van der Waals surface area contributed by atoms with E-state index in [0.29, 0.717) is 0 Å². The summed E-state index contributed by atoms with van der Waals surface area (Å²) in [7, 11) is 10.5. The second-order valence-electron chi connectivity index (χ2n) is 10.5. The molecule has 0 aromatic heterocycles. The molecule has 0 fully saturated rings. The molecule has 516 valence electrons. The van der Waals surface area contributed by atoms with E-state index in [1.165, 1.54) is 79.7 Å². The Morgan fingerprint density at radius 1 is 0.329 bits per heavy atom. The fraction of sp³-hybridized carbons (Fsp3) is 0.627. The number of hydrogen-bond acceptors (Lipinski definition) is 21. The molecule has 24 N–H and O–H groups in total. The summed E-state index contributed by atoms with van der Waals surface area (Å²) in [5.74, 6) is 2.65. The first-order valence-corrected chi connectivity index (χ1v) is 26.0. The van der Waals surface area contributed by atoms with Crippen LogP contribution < -0.4 is 58.6 Å². The summed E-state index contributed by atoms with van der Waals surface area (Å²) in [5.41, 5.74) is 34.1. The Labute approximate surface area is 521 Å². The van der Waals surface area contributed by atoms with Crippen molar-refractivity contribution in [2.75, 3.05) is 49.3 Å². The molecule has 2 aromatic rings. The minimum Gasteiger partial charge on any atom is -0.394 e. The van der Waals surface area contributed by atoms with Crippen molar-refractivity contribution in [1.29, 1.82) is 0 Å². The highest BCUT2D eigenvalue weighted by molar-refractivity contribution is 6.30. The lowest BCUT2D eigenvalue weighted by molar-refractivity contribution is -0.0987. The Morgan fingerprint density at radius 2 is 0.427 bits per heavy atom. The topological polar surface area (TPSA) is 478 Å². The lowest BCUT2D eigenvalue weighted by Gasteiger charge is -1.93. The van der Waals surface area contributed by atoms with Gasteiger partial charge in [0.1, 0.15) is 67.9 Å². The highest BCUT2D eigenvalue weighted by Crippen LogP contribution is 2.11. The molecular formula is C59H150Cl2N10O11. The fourth-order valence-electron chi connectivity index (χ4n) is 1.51. The third kappa shape index (κ3) is 650. The molecule has 23 heteroatoms. The Balaban J connectivity index is -0.0000000146. The second-order valence-corrected chi connectivity index (χ2v) is 11.3. The van der Waals surface area contributed by atoms with E-state index in [0.717, 1.165) is 40.6 Å². The van der Waals surface area contributed by atoms with Crippen LogP contribution in [0.5, 0.6) is 0 Å². The van der Waals surface area contributed by atoms with E-state index in [-0.39, 0.29) is 24.6 Å². The van der Waals surface area contributed by atoms with Crippen molar-refractivity contribution in [1.82, 2.24) is 18.5 Å². The van der Waals surface area contributed by atoms with E-state index in [1.54, 1.807) is 13.8 Å². The lowest BCUT2D eigenvalue weighted by atomic mass is 10.2. The Hall–Kier alpha value is -4.72. The Bertz CT molecular complexity index is 826. The SMILES string of the molecule is C=O.C=O.C=O.C=O.C=O.C=O.C=O.C=O.C=O.C=O.CC.CC.CC.CC.CC(C)O.CCC(C)C.CCC(C)C.CCC(C)C.CCc1cccc(Cl)c1.CCc1cccc(Cl)c1.CN.CN.CN.CN.CN.CN.CN.N.N.N. The minimum atomic E-state index is -0.167. The summed E-state index contributed by atoms with van der Waals surface area (Å²) < 4.78 is 0. The molecule has 0 saturated carbocycles. The number of aryl methyl sites for hydroxylation is 2. The molecule has 0 aliphatic heterocycles. The van der Waals surface area contributed by atoms with Gasteiger partial charge in [0.2, 0.25) is 0 Å². The summed E-state index contributed by atoms with van der Waals surface area (Å²) in [6.45, 7) is 63.6. The smallest absolute Gasteiger partial charge is 0.106 e. The molecule has 2 rings (SSSR count). The molecule has 0 atom stereocenters. The van der Waals surface area contributed by atoms with E-state index in [4.69, 9.17) is 76.3 Å². The van der Waals surface area contributed by atoms with Gasteiger partial charge in [-0.3, -0.25) is 0 Å². The largest absolute Gasteiger partial charge is 0.394 e. The van der Waals surface area contributed by atoms with Crippen LogP contribution in [0.15, 0.2) is 48.5 Å². The maximum Gasteiger partial charge on any atom is 0.106 e. The average molecular weight is 1250 g/mol. The maximum atomic E-state index is 8.06. The van der Waals surface area contributed by atoms with E-state index in [1.807, 2.05) is 160 Å². The molecule has 2 aromatic carbocycles. The fourth-order valence-corrected chi connectivity index (χ4v) is 1.94. The predicted octanol–water partition coefficient (Wildman–Crippen LogP) is 12.1. The van der Waals surface area contributed by atoms with Crippen molar-refractivity contribution in [3.8, 4) is 0 Å². The molecule has 0 saturated heterocycles. The third-order valence-corrected chi connectivity index (χ3v) is 5.51. The van der Waals surface area contributed by atoms with Crippen molar-refractivity contribution in [3.63, 3.8) is 0 Å². The van der Waals surface area contributed by atoms with Crippen molar-refractivity contribution < 1.29 is 53.1 Å². The molecule has 21 nitrogen and oxygen atoms in total. The number of carbonyl (C=O) groups is 10. The maximum absolute atomic E-state index is 8.06. The molecule has 0 spiro atoms. The van der Waals surface area contributed by atoms with Crippen LogP contribution in [0.4, 0.5) is 0 Å². The quantitative estimate of drug-likeness (QED) is 0.132. The number of aliphatic hydroxyl groups is 1. The third-order valence-electron chi connectivity index (χ3n) is 5.04. The number of rotatable bonds is 5. The zero-order chi connectivity index (χ0) is 71.8. The molecule has 0 bridgehead atoms. The number of nitrogens with two attached hydrogens (primary N) is 7. The molecule has 0 aliphatic carbocycles. The van der Waals surface area contributed by atoms with Gasteiger partial charge in [-0.1, -0.05) is 198 Å². The number of hydrogen-bond donors (Lipinski definition) is 11. The van der Waals surface area contributed by atoms with Gasteiger partial charge in [0.25, 0.3) is 0 Å². The highest BCUT2D eigenvalue weighted by atomic mass is 35.5. The van der Waals surface area contributed by atoms with Crippen LogP contribution >= 0.6 is 23.2 Å². The molecule has 82 heavy (non-hydrogen) atoms. The summed E-state index contributed by atoms with van der Waals surface area (Å²) in [6.07, 6.45) is 5.86. The van der Waals surface area contributed by atoms with Gasteiger partial charge >= 0.3 is 0 Å². The monoisotopic (exact) mass is 1250 g/mol. The number of carbonyl (C=O) groups excluding carboxylic acids is 10. The molecule has 0 aliphatic rings. The van der Waals surface area contributed by atoms with Crippen LogP contribution in [-0.2, 0) is 60.8 Å². The summed E-state index contributed by atoms with van der Waals surface area (Å²) in [6, 6.07) is 15.9. The standard InChI is InChI=1S/2C8H9Cl.3C5H12.C3H8O.4C2H6.7CH5N.10CH2O.3H3N/c2*1-2-7-4-3-5-8(9)6-7;3*1-4-5(2)3;1-3(2)4;21*1-2;;;/h2*3-6H,2H2,1H3;3*5H,4H2,1-3H3;3-4H,1-2H3;4*1-2H3;7*2H2,1H3;10*1H2;3*1H3. The lowest BCUT2D eigenvalue weighted by Crippen LogP contribution is -1.85. The number of halogens is 2. The van der Waals surface area contributed by atoms with Crippen LogP contribution in [0.3, 0.4) is 0 Å². The predicted molar refractivity (Wildman–Crippen MR) is 377 cm³/mol. The van der Waals surface area contributed by atoms with Crippen LogP contribution in [0.2, 0.25) is 10.0 Å². The first-order chi connectivity index (χ1) is 38.2. The Kier molecular flexibility index (Phi) is 937. The van der Waals surface area contributed by atoms with Crippen molar-refractivity contribution in [2.45, 2.75) is 184 Å². The van der Waals surface area contributed by atoms with E-state index >= 15 is 0 Å². The number of benzene rings is 2. The molecule has 0 radical (unpaired) electrons. The molecule has 0 amide bonds. The van der Waals surface area contributed by atoms with E-state index in [2.05, 4.69) is 128 Å². The van der Waals surface area contributed by atoms with Gasteiger partial charge in [0.15, 0.2) is 0 Å². The minimum absolute atomic E-state index is 0. The first-order valence-electron chi connectivity index (χ1n) is 25.3. The van der Waals surface area contributed by atoms with Gasteiger partial charge < -0.3 is 112 Å². The molecular weight excluding hydrogens is 1100 g/mol. The zero-order valence-electron chi connectivity index (χ0n) is 59.0. The van der Waals surface area contributed by atoms with E-state index in [9.17, 15) is 0 Å².